The molecule has 7 heteroatoms. The van der Waals surface area contributed by atoms with Crippen molar-refractivity contribution in [1.29, 1.82) is 0 Å². The van der Waals surface area contributed by atoms with Crippen molar-refractivity contribution in [1.82, 2.24) is 19.5 Å². The van der Waals surface area contributed by atoms with Crippen LogP contribution in [-0.2, 0) is 0 Å². The molecule has 148 valence electrons. The number of fused-ring (bicyclic) bond motifs is 1. The molecule has 0 bridgehead atoms. The predicted molar refractivity (Wildman–Crippen MR) is 111 cm³/mol. The molecule has 1 aromatic carbocycles. The second-order valence-corrected chi connectivity index (χ2v) is 7.31. The van der Waals surface area contributed by atoms with Crippen LogP contribution in [0, 0.1) is 13.8 Å². The number of benzene rings is 1. The molecule has 4 rings (SSSR count). The highest BCUT2D eigenvalue weighted by Crippen LogP contribution is 2.33. The van der Waals surface area contributed by atoms with E-state index < -0.39 is 0 Å². The van der Waals surface area contributed by atoms with Crippen molar-refractivity contribution in [2.24, 2.45) is 0 Å². The minimum absolute atomic E-state index is 0.691. The molecule has 28 heavy (non-hydrogen) atoms. The number of likely N-dealkylation sites (N-methyl/N-ethyl adjacent to an activating group) is 1. The van der Waals surface area contributed by atoms with Crippen LogP contribution in [0.2, 0.25) is 0 Å². The summed E-state index contributed by atoms with van der Waals surface area (Å²) in [6.07, 6.45) is 0. The number of aryl methyl sites for hydroxylation is 1. The monoisotopic (exact) mass is 381 g/mol. The van der Waals surface area contributed by atoms with Gasteiger partial charge in [-0.05, 0) is 39.1 Å². The quantitative estimate of drug-likeness (QED) is 0.693. The predicted octanol–water partition coefficient (Wildman–Crippen LogP) is 2.78. The minimum atomic E-state index is 0.691. The molecule has 0 atom stereocenters. The van der Waals surface area contributed by atoms with Gasteiger partial charge in [0.25, 0.3) is 0 Å². The average Bonchev–Trinajstić information content (AvgIpc) is 3.12. The zero-order chi connectivity index (χ0) is 19.8. The van der Waals surface area contributed by atoms with Crippen LogP contribution in [0.15, 0.2) is 24.3 Å². The molecule has 7 nitrogen and oxygen atoms in total. The second-order valence-electron chi connectivity index (χ2n) is 7.31. The fraction of sp³-hybridized carbons (Fsp3) is 0.429. The summed E-state index contributed by atoms with van der Waals surface area (Å²) < 4.78 is 12.8. The molecular weight excluding hydrogens is 354 g/mol. The Hall–Kier alpha value is -2.80. The lowest BCUT2D eigenvalue weighted by molar-refractivity contribution is 0.311. The molecule has 0 N–H and O–H groups in total. The maximum Gasteiger partial charge on any atom is 0.161 e. The van der Waals surface area contributed by atoms with Gasteiger partial charge >= 0.3 is 0 Å². The van der Waals surface area contributed by atoms with Crippen LogP contribution in [0.25, 0.3) is 16.9 Å². The fourth-order valence-corrected chi connectivity index (χ4v) is 3.71. The van der Waals surface area contributed by atoms with E-state index in [1.807, 2.05) is 28.8 Å². The summed E-state index contributed by atoms with van der Waals surface area (Å²) in [6.45, 7) is 8.27. The zero-order valence-electron chi connectivity index (χ0n) is 17.2. The van der Waals surface area contributed by atoms with Gasteiger partial charge in [-0.2, -0.15) is 9.61 Å². The largest absolute Gasteiger partial charge is 0.493 e. The summed E-state index contributed by atoms with van der Waals surface area (Å²) in [4.78, 5) is 9.55. The van der Waals surface area contributed by atoms with Gasteiger partial charge in [0, 0.05) is 49.1 Å². The normalized spacial score (nSPS) is 15.2. The van der Waals surface area contributed by atoms with Gasteiger partial charge in [0.05, 0.1) is 19.9 Å². The van der Waals surface area contributed by atoms with E-state index in [-0.39, 0.29) is 0 Å². The average molecular weight is 381 g/mol. The molecule has 0 spiro atoms. The Balaban J connectivity index is 1.82. The Kier molecular flexibility index (Phi) is 4.85. The standard InChI is InChI=1S/C21H27N5O2/c1-14-15(2)22-20-13-17(16-6-7-18(27-4)19(12-16)28-5)23-26(20)21(14)25-10-8-24(3)9-11-25/h6-7,12-13H,8-11H2,1-5H3. The topological polar surface area (TPSA) is 55.1 Å². The molecule has 0 radical (unpaired) electrons. The summed E-state index contributed by atoms with van der Waals surface area (Å²) in [6, 6.07) is 7.89. The van der Waals surface area contributed by atoms with E-state index in [1.165, 1.54) is 5.56 Å². The van der Waals surface area contributed by atoms with E-state index in [0.717, 1.165) is 54.6 Å². The summed E-state index contributed by atoms with van der Waals surface area (Å²) in [7, 11) is 5.45. The van der Waals surface area contributed by atoms with Crippen LogP contribution in [0.3, 0.4) is 0 Å². The van der Waals surface area contributed by atoms with E-state index >= 15 is 0 Å². The first-order valence-electron chi connectivity index (χ1n) is 9.54. The van der Waals surface area contributed by atoms with E-state index in [4.69, 9.17) is 19.6 Å². The van der Waals surface area contributed by atoms with Crippen molar-refractivity contribution in [3.63, 3.8) is 0 Å². The van der Waals surface area contributed by atoms with E-state index in [1.54, 1.807) is 14.2 Å². The lowest BCUT2D eigenvalue weighted by Crippen LogP contribution is -2.45. The van der Waals surface area contributed by atoms with Crippen molar-refractivity contribution in [3.8, 4) is 22.8 Å². The molecule has 0 amide bonds. The molecule has 1 fully saturated rings. The van der Waals surface area contributed by atoms with Crippen LogP contribution in [0.1, 0.15) is 11.3 Å². The van der Waals surface area contributed by atoms with E-state index in [2.05, 4.69) is 30.7 Å². The van der Waals surface area contributed by atoms with Gasteiger partial charge in [-0.1, -0.05) is 0 Å². The molecule has 1 aliphatic rings. The SMILES string of the molecule is COc1ccc(-c2cc3nc(C)c(C)c(N4CCN(C)CC4)n3n2)cc1OC. The van der Waals surface area contributed by atoms with Crippen LogP contribution in [-0.4, -0.2) is 66.9 Å². The Bertz CT molecular complexity index is 1010. The lowest BCUT2D eigenvalue weighted by Gasteiger charge is -2.35. The maximum atomic E-state index is 5.45. The Labute approximate surface area is 165 Å². The second kappa shape index (κ2) is 7.31. The van der Waals surface area contributed by atoms with Crippen LogP contribution in [0.5, 0.6) is 11.5 Å². The van der Waals surface area contributed by atoms with Gasteiger partial charge in [-0.25, -0.2) is 4.98 Å². The number of nitrogens with zero attached hydrogens (tertiary/aromatic N) is 5. The third-order valence-corrected chi connectivity index (χ3v) is 5.53. The minimum Gasteiger partial charge on any atom is -0.493 e. The van der Waals surface area contributed by atoms with Gasteiger partial charge in [-0.15, -0.1) is 0 Å². The third kappa shape index (κ3) is 3.16. The molecular formula is C21H27N5O2. The van der Waals surface area contributed by atoms with E-state index in [0.29, 0.717) is 11.5 Å². The number of anilines is 1. The number of piperazine rings is 1. The van der Waals surface area contributed by atoms with Gasteiger partial charge in [-0.3, -0.25) is 0 Å². The summed E-state index contributed by atoms with van der Waals surface area (Å²) in [5.41, 5.74) is 4.93. The first-order chi connectivity index (χ1) is 13.5. The number of aromatic nitrogens is 3. The Morgan fingerprint density at radius 1 is 0.929 bits per heavy atom. The number of rotatable bonds is 4. The smallest absolute Gasteiger partial charge is 0.161 e. The number of methoxy groups -OCH3 is 2. The summed E-state index contributed by atoms with van der Waals surface area (Å²) in [5, 5.41) is 4.91. The van der Waals surface area contributed by atoms with Crippen molar-refractivity contribution < 1.29 is 9.47 Å². The third-order valence-electron chi connectivity index (χ3n) is 5.53. The van der Waals surface area contributed by atoms with E-state index in [9.17, 15) is 0 Å². The Morgan fingerprint density at radius 2 is 1.64 bits per heavy atom. The number of ether oxygens (including phenoxy) is 2. The molecule has 0 saturated carbocycles. The summed E-state index contributed by atoms with van der Waals surface area (Å²) >= 11 is 0. The highest BCUT2D eigenvalue weighted by Gasteiger charge is 2.22. The van der Waals surface area contributed by atoms with Gasteiger partial charge < -0.3 is 19.3 Å². The van der Waals surface area contributed by atoms with Crippen LogP contribution < -0.4 is 14.4 Å². The first kappa shape index (κ1) is 18.6. The highest BCUT2D eigenvalue weighted by atomic mass is 16.5. The molecule has 3 heterocycles. The van der Waals surface area contributed by atoms with Crippen molar-refractivity contribution in [2.75, 3.05) is 52.3 Å². The summed E-state index contributed by atoms with van der Waals surface area (Å²) in [5.74, 6) is 2.54. The highest BCUT2D eigenvalue weighted by molar-refractivity contribution is 5.69. The van der Waals surface area contributed by atoms with Crippen molar-refractivity contribution >= 4 is 11.5 Å². The van der Waals surface area contributed by atoms with Crippen LogP contribution >= 0.6 is 0 Å². The number of hydrogen-bond acceptors (Lipinski definition) is 6. The van der Waals surface area contributed by atoms with Crippen molar-refractivity contribution in [2.45, 2.75) is 13.8 Å². The molecule has 3 aromatic rings. The molecule has 0 unspecified atom stereocenters. The zero-order valence-corrected chi connectivity index (χ0v) is 17.2. The molecule has 1 aliphatic heterocycles. The first-order valence-corrected chi connectivity index (χ1v) is 9.54. The van der Waals surface area contributed by atoms with Gasteiger partial charge in [0.15, 0.2) is 17.1 Å². The fourth-order valence-electron chi connectivity index (χ4n) is 3.71. The molecule has 0 aliphatic carbocycles. The maximum absolute atomic E-state index is 5.45. The van der Waals surface area contributed by atoms with Gasteiger partial charge in [0.2, 0.25) is 0 Å². The molecule has 2 aromatic heterocycles. The van der Waals surface area contributed by atoms with Crippen molar-refractivity contribution in [3.05, 3.63) is 35.5 Å². The van der Waals surface area contributed by atoms with Crippen LogP contribution in [0.4, 0.5) is 5.82 Å². The van der Waals surface area contributed by atoms with Gasteiger partial charge in [0.1, 0.15) is 5.82 Å². The molecule has 1 saturated heterocycles. The number of hydrogen-bond donors (Lipinski definition) is 0. The Morgan fingerprint density at radius 3 is 2.32 bits per heavy atom. The lowest BCUT2D eigenvalue weighted by atomic mass is 10.1.